The Morgan fingerprint density at radius 1 is 1.05 bits per heavy atom. The molecule has 0 unspecified atom stereocenters. The number of carbonyl (C=O) groups excluding carboxylic acids is 1. The van der Waals surface area contributed by atoms with Crippen molar-refractivity contribution in [2.75, 3.05) is 34.5 Å². The molecule has 0 radical (unpaired) electrons. The molecule has 1 amide bonds. The number of nitro groups is 1. The Morgan fingerprint density at radius 3 is 2.40 bits per heavy atom. The van der Waals surface area contributed by atoms with Crippen LogP contribution in [0.25, 0.3) is 6.08 Å². The second kappa shape index (κ2) is 13.5. The highest BCUT2D eigenvalue weighted by molar-refractivity contribution is 9.10. The monoisotopic (exact) mass is 627 g/mol. The molecular formula is C28H26BrN3O7S. The van der Waals surface area contributed by atoms with E-state index < -0.39 is 4.92 Å². The number of nitrogens with zero attached hydrogens (tertiary/aromatic N) is 3. The number of thioether (sulfide) groups is 1. The van der Waals surface area contributed by atoms with Crippen LogP contribution in [0.3, 0.4) is 0 Å². The molecule has 0 N–H and O–H groups in total. The molecule has 0 bridgehead atoms. The van der Waals surface area contributed by atoms with Crippen LogP contribution in [-0.4, -0.2) is 55.4 Å². The van der Waals surface area contributed by atoms with Gasteiger partial charge in [0.1, 0.15) is 12.4 Å². The molecule has 10 nitrogen and oxygen atoms in total. The van der Waals surface area contributed by atoms with Gasteiger partial charge in [0.25, 0.3) is 11.6 Å². The minimum absolute atomic E-state index is 0.0113. The van der Waals surface area contributed by atoms with Crippen molar-refractivity contribution in [3.63, 3.8) is 0 Å². The van der Waals surface area contributed by atoms with Crippen molar-refractivity contribution in [3.8, 4) is 17.2 Å². The highest BCUT2D eigenvalue weighted by Gasteiger charge is 2.33. The van der Waals surface area contributed by atoms with Crippen molar-refractivity contribution in [1.29, 1.82) is 0 Å². The van der Waals surface area contributed by atoms with Gasteiger partial charge < -0.3 is 18.9 Å². The number of benzene rings is 3. The normalized spacial score (nSPS) is 15.1. The highest BCUT2D eigenvalue weighted by atomic mass is 79.9. The molecule has 208 valence electrons. The molecule has 0 spiro atoms. The van der Waals surface area contributed by atoms with E-state index in [9.17, 15) is 14.9 Å². The molecule has 40 heavy (non-hydrogen) atoms. The van der Waals surface area contributed by atoms with Gasteiger partial charge in [-0.25, -0.2) is 4.99 Å². The number of hydrogen-bond acceptors (Lipinski definition) is 9. The number of amides is 1. The van der Waals surface area contributed by atoms with Gasteiger partial charge in [-0.3, -0.25) is 19.8 Å². The molecule has 12 heteroatoms. The lowest BCUT2D eigenvalue weighted by Gasteiger charge is -2.15. The van der Waals surface area contributed by atoms with E-state index in [2.05, 4.69) is 20.9 Å². The van der Waals surface area contributed by atoms with E-state index in [1.54, 1.807) is 43.4 Å². The molecule has 0 aliphatic carbocycles. The first-order valence-electron chi connectivity index (χ1n) is 12.0. The van der Waals surface area contributed by atoms with Crippen LogP contribution in [0.5, 0.6) is 17.2 Å². The zero-order valence-corrected chi connectivity index (χ0v) is 24.4. The lowest BCUT2D eigenvalue weighted by atomic mass is 10.1. The fourth-order valence-electron chi connectivity index (χ4n) is 3.72. The fraction of sp³-hybridized carbons (Fsp3) is 0.214. The van der Waals surface area contributed by atoms with Gasteiger partial charge in [-0.15, -0.1) is 0 Å². The Hall–Kier alpha value is -3.87. The molecule has 0 atom stereocenters. The Labute approximate surface area is 243 Å². The molecule has 3 aromatic carbocycles. The van der Waals surface area contributed by atoms with E-state index in [0.29, 0.717) is 44.9 Å². The smallest absolute Gasteiger partial charge is 0.269 e. The number of aliphatic imine (C=N–C) groups is 1. The topological polar surface area (TPSA) is 113 Å². The van der Waals surface area contributed by atoms with Gasteiger partial charge in [0.05, 0.1) is 47.4 Å². The number of ether oxygens (including phenoxy) is 4. The minimum atomic E-state index is -0.449. The van der Waals surface area contributed by atoms with Crippen LogP contribution in [0.15, 0.2) is 75.0 Å². The summed E-state index contributed by atoms with van der Waals surface area (Å²) >= 11 is 4.82. The Morgan fingerprint density at radius 2 is 1.77 bits per heavy atom. The third-order valence-corrected chi connectivity index (χ3v) is 7.38. The first-order chi connectivity index (χ1) is 19.3. The third-order valence-electron chi connectivity index (χ3n) is 5.78. The van der Waals surface area contributed by atoms with Gasteiger partial charge in [0, 0.05) is 19.2 Å². The number of rotatable bonds is 11. The number of nitro benzene ring substituents is 1. The number of amidine groups is 1. The first-order valence-corrected chi connectivity index (χ1v) is 13.6. The number of halogens is 1. The highest BCUT2D eigenvalue weighted by Crippen LogP contribution is 2.40. The second-order valence-corrected chi connectivity index (χ2v) is 10.3. The van der Waals surface area contributed by atoms with Crippen LogP contribution in [0.1, 0.15) is 11.1 Å². The van der Waals surface area contributed by atoms with Crippen molar-refractivity contribution in [1.82, 2.24) is 4.90 Å². The van der Waals surface area contributed by atoms with Crippen LogP contribution in [0, 0.1) is 10.1 Å². The molecule has 1 aliphatic heterocycles. The van der Waals surface area contributed by atoms with Crippen molar-refractivity contribution in [2.45, 2.75) is 6.61 Å². The van der Waals surface area contributed by atoms with Crippen molar-refractivity contribution in [3.05, 3.63) is 91.3 Å². The van der Waals surface area contributed by atoms with Crippen LogP contribution < -0.4 is 14.2 Å². The number of non-ortho nitro benzene ring substituents is 1. The van der Waals surface area contributed by atoms with Crippen molar-refractivity contribution in [2.24, 2.45) is 4.99 Å². The molecule has 1 saturated heterocycles. The molecule has 1 aliphatic rings. The Kier molecular flexibility index (Phi) is 9.80. The van der Waals surface area contributed by atoms with E-state index in [-0.39, 0.29) is 18.2 Å². The number of carbonyl (C=O) groups is 1. The lowest BCUT2D eigenvalue weighted by Crippen LogP contribution is -2.32. The summed E-state index contributed by atoms with van der Waals surface area (Å²) in [5.74, 6) is 1.47. The summed E-state index contributed by atoms with van der Waals surface area (Å²) in [6, 6.07) is 17.0. The van der Waals surface area contributed by atoms with Crippen LogP contribution in [0.4, 0.5) is 11.4 Å². The molecule has 1 fully saturated rings. The third kappa shape index (κ3) is 7.00. The van der Waals surface area contributed by atoms with Gasteiger partial charge in [0.15, 0.2) is 16.7 Å². The average Bonchev–Trinajstić information content (AvgIpc) is 3.24. The molecule has 0 saturated carbocycles. The van der Waals surface area contributed by atoms with Crippen molar-refractivity contribution >= 4 is 56.2 Å². The summed E-state index contributed by atoms with van der Waals surface area (Å²) in [6.45, 7) is 0.903. The summed E-state index contributed by atoms with van der Waals surface area (Å²) in [5, 5.41) is 11.4. The molecule has 0 aromatic heterocycles. The Balaban J connectivity index is 1.57. The van der Waals surface area contributed by atoms with Crippen molar-refractivity contribution < 1.29 is 28.7 Å². The van der Waals surface area contributed by atoms with Crippen LogP contribution >= 0.6 is 27.7 Å². The van der Waals surface area contributed by atoms with Gasteiger partial charge in [-0.1, -0.05) is 0 Å². The van der Waals surface area contributed by atoms with Crippen LogP contribution in [-0.2, 0) is 16.1 Å². The van der Waals surface area contributed by atoms with Crippen LogP contribution in [0.2, 0.25) is 0 Å². The van der Waals surface area contributed by atoms with E-state index in [0.717, 1.165) is 16.9 Å². The zero-order valence-electron chi connectivity index (χ0n) is 22.0. The van der Waals surface area contributed by atoms with E-state index in [1.807, 2.05) is 30.3 Å². The first kappa shape index (κ1) is 29.1. The van der Waals surface area contributed by atoms with Gasteiger partial charge in [0.2, 0.25) is 0 Å². The standard InChI is InChI=1S/C28H26BrN3O7S/c1-36-13-12-31-27(33)25(40-28(31)30-20-6-10-22(37-2)11-7-20)16-19-14-23(29)26(24(15-19)38-3)39-17-18-4-8-21(9-5-18)32(34)35/h4-11,14-16H,12-13,17H2,1-3H3/b25-16-,30-28?. The van der Waals surface area contributed by atoms with Gasteiger partial charge in [-0.2, -0.15) is 0 Å². The van der Waals surface area contributed by atoms with E-state index >= 15 is 0 Å². The maximum absolute atomic E-state index is 13.3. The SMILES string of the molecule is COCCN1C(=O)/C(=C/c2cc(Br)c(OCc3ccc([N+](=O)[O-])cc3)c(OC)c2)SC1=Nc1ccc(OC)cc1. The lowest BCUT2D eigenvalue weighted by molar-refractivity contribution is -0.384. The van der Waals surface area contributed by atoms with Gasteiger partial charge >= 0.3 is 0 Å². The summed E-state index contributed by atoms with van der Waals surface area (Å²) in [7, 11) is 4.71. The Bertz CT molecular complexity index is 1440. The predicted molar refractivity (Wildman–Crippen MR) is 157 cm³/mol. The van der Waals surface area contributed by atoms with E-state index in [1.165, 1.54) is 31.0 Å². The quantitative estimate of drug-likeness (QED) is 0.140. The maximum Gasteiger partial charge on any atom is 0.269 e. The molecule has 1 heterocycles. The fourth-order valence-corrected chi connectivity index (χ4v) is 5.32. The maximum atomic E-state index is 13.3. The molecular weight excluding hydrogens is 602 g/mol. The second-order valence-electron chi connectivity index (χ2n) is 8.40. The summed E-state index contributed by atoms with van der Waals surface area (Å²) in [6.07, 6.45) is 1.77. The molecule has 4 rings (SSSR count). The largest absolute Gasteiger partial charge is 0.497 e. The summed E-state index contributed by atoms with van der Waals surface area (Å²) < 4.78 is 22.6. The molecule has 3 aromatic rings. The average molecular weight is 629 g/mol. The number of hydrogen-bond donors (Lipinski definition) is 0. The predicted octanol–water partition coefficient (Wildman–Crippen LogP) is 6.20. The number of methoxy groups -OCH3 is 3. The zero-order chi connectivity index (χ0) is 28.6. The summed E-state index contributed by atoms with van der Waals surface area (Å²) in [4.78, 5) is 30.5. The van der Waals surface area contributed by atoms with Gasteiger partial charge in [-0.05, 0) is 93.4 Å². The summed E-state index contributed by atoms with van der Waals surface area (Å²) in [5.41, 5.74) is 2.19. The van der Waals surface area contributed by atoms with E-state index in [4.69, 9.17) is 18.9 Å². The minimum Gasteiger partial charge on any atom is -0.497 e.